The number of nitrogens with one attached hydrogen (secondary N) is 1. The highest BCUT2D eigenvalue weighted by molar-refractivity contribution is 5.92. The summed E-state index contributed by atoms with van der Waals surface area (Å²) in [7, 11) is 0. The molecule has 1 N–H and O–H groups in total. The van der Waals surface area contributed by atoms with Gasteiger partial charge in [0.1, 0.15) is 49.3 Å². The summed E-state index contributed by atoms with van der Waals surface area (Å²) in [4.78, 5) is 39.0. The molecule has 0 radical (unpaired) electrons. The number of allylic oxidation sites excluding steroid dienone is 1. The minimum atomic E-state index is -0.552. The number of amides is 1. The van der Waals surface area contributed by atoms with Gasteiger partial charge in [-0.3, -0.25) is 4.79 Å². The molecule has 0 bridgehead atoms. The molecule has 0 aliphatic rings. The van der Waals surface area contributed by atoms with Crippen LogP contribution in [0.5, 0.6) is 0 Å². The smallest absolute Gasteiger partial charge is 0.273 e. The first kappa shape index (κ1) is 26.4. The van der Waals surface area contributed by atoms with Crippen LogP contribution in [0.1, 0.15) is 53.8 Å². The largest absolute Gasteiger partial charge is 0.448 e. The highest BCUT2D eigenvalue weighted by Gasteiger charge is 2.25. The molecule has 1 unspecified atom stereocenters. The van der Waals surface area contributed by atoms with Gasteiger partial charge in [0.2, 0.25) is 29.5 Å². The molecule has 6 heterocycles. The molecule has 1 amide bonds. The molecule has 212 valence electrons. The lowest BCUT2D eigenvalue weighted by Gasteiger charge is -2.13. The SMILES string of the molecule is C=CCc1nc(-c2nc(-c3nc(C(=O)NC(CCC)c4nc(-c5nc(-c6nc(C=C)co6)co5)co4)co3)co2)co1. The molecule has 14 heteroatoms. The zero-order valence-corrected chi connectivity index (χ0v) is 22.3. The van der Waals surface area contributed by atoms with Crippen molar-refractivity contribution in [2.75, 3.05) is 0 Å². The van der Waals surface area contributed by atoms with Gasteiger partial charge < -0.3 is 31.8 Å². The maximum Gasteiger partial charge on any atom is 0.273 e. The van der Waals surface area contributed by atoms with Gasteiger partial charge >= 0.3 is 0 Å². The summed E-state index contributed by atoms with van der Waals surface area (Å²) in [5.41, 5.74) is 2.05. The minimum Gasteiger partial charge on any atom is -0.448 e. The van der Waals surface area contributed by atoms with E-state index in [9.17, 15) is 4.79 Å². The fourth-order valence-electron chi connectivity index (χ4n) is 3.92. The van der Waals surface area contributed by atoms with E-state index in [0.29, 0.717) is 41.5 Å². The van der Waals surface area contributed by atoms with Crippen LogP contribution in [0.25, 0.3) is 52.4 Å². The molecule has 0 saturated carbocycles. The number of carbonyl (C=O) groups excluding carboxylic acids is 1. The van der Waals surface area contributed by atoms with Crippen molar-refractivity contribution in [2.24, 2.45) is 0 Å². The molecular weight excluding hydrogens is 546 g/mol. The molecular formula is C28H23N7O7. The van der Waals surface area contributed by atoms with Gasteiger partial charge in [-0.15, -0.1) is 6.58 Å². The summed E-state index contributed by atoms with van der Waals surface area (Å²) in [6.45, 7) is 9.29. The lowest BCUT2D eigenvalue weighted by molar-refractivity contribution is 0.0922. The summed E-state index contributed by atoms with van der Waals surface area (Å²) in [6.07, 6.45) is 13.3. The first-order valence-corrected chi connectivity index (χ1v) is 12.8. The Kier molecular flexibility index (Phi) is 7.15. The second-order valence-corrected chi connectivity index (χ2v) is 8.90. The van der Waals surface area contributed by atoms with Crippen LogP contribution in [0.2, 0.25) is 0 Å². The molecule has 6 rings (SSSR count). The topological polar surface area (TPSA) is 185 Å². The first-order valence-electron chi connectivity index (χ1n) is 12.8. The third-order valence-corrected chi connectivity index (χ3v) is 5.93. The second kappa shape index (κ2) is 11.4. The first-order chi connectivity index (χ1) is 20.5. The number of carbonyl (C=O) groups is 1. The van der Waals surface area contributed by atoms with Crippen LogP contribution in [0.4, 0.5) is 0 Å². The summed E-state index contributed by atoms with van der Waals surface area (Å²) in [5, 5.41) is 2.89. The van der Waals surface area contributed by atoms with Crippen molar-refractivity contribution in [3.8, 4) is 46.3 Å². The Morgan fingerprint density at radius 3 is 2.05 bits per heavy atom. The quantitative estimate of drug-likeness (QED) is 0.171. The summed E-state index contributed by atoms with van der Waals surface area (Å²) < 4.78 is 32.9. The Morgan fingerprint density at radius 1 is 0.762 bits per heavy atom. The highest BCUT2D eigenvalue weighted by atomic mass is 16.4. The molecule has 0 saturated heterocycles. The van der Waals surface area contributed by atoms with Gasteiger partial charge in [-0.2, -0.15) is 0 Å². The summed E-state index contributed by atoms with van der Waals surface area (Å²) >= 11 is 0. The average Bonchev–Trinajstić information content (AvgIpc) is 3.84. The van der Waals surface area contributed by atoms with Crippen LogP contribution in [-0.2, 0) is 6.42 Å². The fraction of sp³-hybridized carbons (Fsp3) is 0.179. The maximum atomic E-state index is 13.1. The zero-order valence-electron chi connectivity index (χ0n) is 22.3. The van der Waals surface area contributed by atoms with Crippen LogP contribution in [0, 0.1) is 0 Å². The van der Waals surface area contributed by atoms with Gasteiger partial charge in [-0.25, -0.2) is 29.9 Å². The Labute approximate surface area is 237 Å². The van der Waals surface area contributed by atoms with Gasteiger partial charge in [0.05, 0.1) is 0 Å². The van der Waals surface area contributed by atoms with Gasteiger partial charge in [-0.05, 0) is 12.5 Å². The average molecular weight is 570 g/mol. The minimum absolute atomic E-state index is 0.0410. The van der Waals surface area contributed by atoms with Crippen molar-refractivity contribution in [3.63, 3.8) is 0 Å². The van der Waals surface area contributed by atoms with Gasteiger partial charge in [-0.1, -0.05) is 26.0 Å². The van der Waals surface area contributed by atoms with Crippen molar-refractivity contribution < 1.29 is 31.3 Å². The second-order valence-electron chi connectivity index (χ2n) is 8.90. The van der Waals surface area contributed by atoms with Gasteiger partial charge in [0.25, 0.3) is 5.91 Å². The normalized spacial score (nSPS) is 11.9. The van der Waals surface area contributed by atoms with E-state index in [-0.39, 0.29) is 40.8 Å². The number of hydrogen-bond acceptors (Lipinski definition) is 13. The third kappa shape index (κ3) is 5.32. The molecule has 0 aliphatic heterocycles. The Bertz CT molecular complexity index is 1850. The fourth-order valence-corrected chi connectivity index (χ4v) is 3.92. The van der Waals surface area contributed by atoms with E-state index < -0.39 is 11.9 Å². The van der Waals surface area contributed by atoms with Crippen molar-refractivity contribution in [1.82, 2.24) is 35.2 Å². The third-order valence-electron chi connectivity index (χ3n) is 5.93. The number of hydrogen-bond donors (Lipinski definition) is 1. The number of rotatable bonds is 12. The Balaban J connectivity index is 1.14. The van der Waals surface area contributed by atoms with Crippen molar-refractivity contribution in [1.29, 1.82) is 0 Å². The molecule has 14 nitrogen and oxygen atoms in total. The van der Waals surface area contributed by atoms with Crippen molar-refractivity contribution in [3.05, 3.63) is 80.0 Å². The van der Waals surface area contributed by atoms with Crippen LogP contribution in [-0.4, -0.2) is 35.8 Å². The highest BCUT2D eigenvalue weighted by Crippen LogP contribution is 2.28. The van der Waals surface area contributed by atoms with Gasteiger partial charge in [0.15, 0.2) is 34.4 Å². The summed E-state index contributed by atoms with van der Waals surface area (Å²) in [6, 6.07) is -0.552. The summed E-state index contributed by atoms with van der Waals surface area (Å²) in [5.74, 6) is 1.07. The van der Waals surface area contributed by atoms with E-state index in [0.717, 1.165) is 6.42 Å². The molecule has 6 aromatic rings. The number of aromatic nitrogens is 6. The van der Waals surface area contributed by atoms with E-state index in [1.54, 1.807) is 12.2 Å². The molecule has 0 fully saturated rings. The zero-order chi connectivity index (χ0) is 29.1. The van der Waals surface area contributed by atoms with E-state index in [2.05, 4.69) is 48.4 Å². The molecule has 0 spiro atoms. The number of nitrogens with zero attached hydrogens (tertiary/aromatic N) is 6. The van der Waals surface area contributed by atoms with E-state index >= 15 is 0 Å². The molecule has 42 heavy (non-hydrogen) atoms. The van der Waals surface area contributed by atoms with Crippen LogP contribution < -0.4 is 5.32 Å². The molecule has 0 aliphatic carbocycles. The molecule has 1 atom stereocenters. The Morgan fingerprint density at radius 2 is 1.36 bits per heavy atom. The van der Waals surface area contributed by atoms with Crippen molar-refractivity contribution in [2.45, 2.75) is 32.2 Å². The van der Waals surface area contributed by atoms with E-state index in [1.165, 1.54) is 37.6 Å². The van der Waals surface area contributed by atoms with Crippen LogP contribution in [0.3, 0.4) is 0 Å². The standard InChI is InChI=1S/C28H23N7O7/c1-4-7-16(24-33-21(13-40-24)28-34-19(12-42-28)25-29-15(6-3)9-38-25)31-23(36)17-10-39-27(32-17)20-14-41-26(35-20)18-11-37-22(30-18)8-5-2/h5-6,9-14,16H,2-4,7-8H2,1H3,(H,31,36). The van der Waals surface area contributed by atoms with Crippen LogP contribution in [0.15, 0.2) is 83.3 Å². The maximum absolute atomic E-state index is 13.1. The lowest BCUT2D eigenvalue weighted by atomic mass is 10.1. The Hall–Kier alpha value is -5.79. The van der Waals surface area contributed by atoms with E-state index in [1.807, 2.05) is 6.92 Å². The van der Waals surface area contributed by atoms with E-state index in [4.69, 9.17) is 26.5 Å². The molecule has 6 aromatic heterocycles. The number of oxazole rings is 6. The predicted molar refractivity (Wildman–Crippen MR) is 144 cm³/mol. The van der Waals surface area contributed by atoms with Gasteiger partial charge in [0, 0.05) is 6.42 Å². The monoisotopic (exact) mass is 569 g/mol. The van der Waals surface area contributed by atoms with Crippen LogP contribution >= 0.6 is 0 Å². The lowest BCUT2D eigenvalue weighted by Crippen LogP contribution is -2.29. The van der Waals surface area contributed by atoms with Crippen molar-refractivity contribution >= 4 is 12.0 Å². The molecule has 0 aromatic carbocycles. The predicted octanol–water partition coefficient (Wildman–Crippen LogP) is 5.93.